The van der Waals surface area contributed by atoms with E-state index in [0.717, 1.165) is 68.6 Å². The zero-order valence-electron chi connectivity index (χ0n) is 72.2. The van der Waals surface area contributed by atoms with E-state index in [-0.39, 0.29) is 16.2 Å². The van der Waals surface area contributed by atoms with Crippen LogP contribution in [0.15, 0.2) is 400 Å². The lowest BCUT2D eigenvalue weighted by Gasteiger charge is -2.29. The molecule has 26 rings (SSSR count). The molecule has 0 fully saturated rings. The average Bonchev–Trinajstić information content (AvgIpc) is 1.58. The first-order chi connectivity index (χ1) is 63.4. The van der Waals surface area contributed by atoms with E-state index in [1.807, 2.05) is 103 Å². The fourth-order valence-electron chi connectivity index (χ4n) is 19.5. The van der Waals surface area contributed by atoms with Crippen molar-refractivity contribution in [2.24, 2.45) is 0 Å². The lowest BCUT2D eigenvalue weighted by atomic mass is 9.82. The fraction of sp³-hybridized carbons (Fsp3) is 0.0769. The molecule has 130 heavy (non-hydrogen) atoms. The van der Waals surface area contributed by atoms with Gasteiger partial charge in [-0.25, -0.2) is 0 Å². The van der Waals surface area contributed by atoms with E-state index in [2.05, 4.69) is 363 Å². The van der Waals surface area contributed by atoms with Crippen LogP contribution >= 0.6 is 34.2 Å². The SMILES string of the molecule is CC1(C)c2ccccc2-c2ccc(N(c3ccc4c(c3)Oc3ccccc3O4)c3ccc4c(c3)c3ccccc3n4-c3ccccc3)cc21.CC1(C)c2ccccc2-c2ccc(N)cc21.CC1(C)c2ccccc2-c2ccc(Nc3ccc4c(c3)Oc3ccccc3O4)cc21.Clc1ccc2c(c1)Oc1ccccc1O2.Ic1ccc2c(c1)c1ccccc1n2-c1ccccc1. The van der Waals surface area contributed by atoms with Crippen LogP contribution in [0.25, 0.3) is 88.4 Å². The van der Waals surface area contributed by atoms with Gasteiger partial charge in [0, 0.05) is 104 Å². The van der Waals surface area contributed by atoms with Gasteiger partial charge in [0.15, 0.2) is 69.0 Å². The summed E-state index contributed by atoms with van der Waals surface area (Å²) in [6.07, 6.45) is 0. The van der Waals surface area contributed by atoms with Crippen LogP contribution in [0, 0.1) is 3.57 Å². The molecule has 18 aromatic carbocycles. The van der Waals surface area contributed by atoms with Crippen LogP contribution in [0.4, 0.5) is 34.1 Å². The van der Waals surface area contributed by atoms with E-state index < -0.39 is 0 Å². The van der Waals surface area contributed by atoms with E-state index in [1.165, 1.54) is 120 Å². The molecular weight excluding hydrogens is 1730 g/mol. The molecule has 3 aliphatic carbocycles. The summed E-state index contributed by atoms with van der Waals surface area (Å²) in [5.41, 5.74) is 35.1. The summed E-state index contributed by atoms with van der Waals surface area (Å²) in [5.74, 6) is 8.54. The van der Waals surface area contributed by atoms with Gasteiger partial charge in [0.05, 0.1) is 27.8 Å². The van der Waals surface area contributed by atoms with Crippen LogP contribution in [-0.4, -0.2) is 9.13 Å². The van der Waals surface area contributed by atoms with Crippen molar-refractivity contribution in [2.45, 2.75) is 57.8 Å². The van der Waals surface area contributed by atoms with Gasteiger partial charge in [-0.15, -0.1) is 0 Å². The van der Waals surface area contributed by atoms with Crippen LogP contribution < -0.4 is 44.4 Å². The number of hydrogen-bond donors (Lipinski definition) is 2. The highest BCUT2D eigenvalue weighted by Gasteiger charge is 2.39. The molecule has 0 atom stereocenters. The quantitative estimate of drug-likeness (QED) is 0.119. The van der Waals surface area contributed by atoms with Crippen LogP contribution in [0.3, 0.4) is 0 Å². The lowest BCUT2D eigenvalue weighted by Crippen LogP contribution is -2.16. The molecule has 13 heteroatoms. The summed E-state index contributed by atoms with van der Waals surface area (Å²) in [6.45, 7) is 13.8. The number of ether oxygens (including phenoxy) is 6. The summed E-state index contributed by atoms with van der Waals surface area (Å²) in [4.78, 5) is 2.34. The van der Waals surface area contributed by atoms with Crippen molar-refractivity contribution in [3.8, 4) is 114 Å². The van der Waals surface area contributed by atoms with Gasteiger partial charge in [-0.1, -0.05) is 253 Å². The smallest absolute Gasteiger partial charge is 0.172 e. The second-order valence-corrected chi connectivity index (χ2v) is 36.5. The Labute approximate surface area is 773 Å². The molecule has 3 aliphatic heterocycles. The number of halogens is 2. The van der Waals surface area contributed by atoms with Gasteiger partial charge >= 0.3 is 0 Å². The first-order valence-corrected chi connectivity index (χ1v) is 45.2. The number of hydrogen-bond acceptors (Lipinski definition) is 9. The molecule has 0 radical (unpaired) electrons. The molecule has 0 saturated carbocycles. The Balaban J connectivity index is 0.000000104. The van der Waals surface area contributed by atoms with Crippen LogP contribution in [0.2, 0.25) is 5.02 Å². The van der Waals surface area contributed by atoms with Crippen molar-refractivity contribution in [3.05, 3.63) is 442 Å². The number of nitrogens with zero attached hydrogens (tertiary/aromatic N) is 3. The van der Waals surface area contributed by atoms with Crippen molar-refractivity contribution in [3.63, 3.8) is 0 Å². The maximum Gasteiger partial charge on any atom is 0.172 e. The summed E-state index contributed by atoms with van der Waals surface area (Å²) in [5, 5.41) is 9.21. The van der Waals surface area contributed by atoms with Gasteiger partial charge in [0.25, 0.3) is 0 Å². The average molecular weight is 1820 g/mol. The Bertz CT molecular complexity index is 7890. The predicted molar refractivity (Wildman–Crippen MR) is 540 cm³/mol. The van der Waals surface area contributed by atoms with E-state index in [4.69, 9.17) is 45.8 Å². The number of benzene rings is 18. The van der Waals surface area contributed by atoms with Gasteiger partial charge in [-0.2, -0.15) is 0 Å². The third-order valence-electron chi connectivity index (χ3n) is 25.8. The molecule has 0 saturated heterocycles. The number of aromatic nitrogens is 2. The number of nitrogens with one attached hydrogen (secondary N) is 1. The van der Waals surface area contributed by atoms with Crippen molar-refractivity contribution < 1.29 is 28.4 Å². The van der Waals surface area contributed by atoms with E-state index >= 15 is 0 Å². The first kappa shape index (κ1) is 80.6. The fourth-order valence-corrected chi connectivity index (χ4v) is 20.1. The zero-order valence-corrected chi connectivity index (χ0v) is 75.1. The molecule has 0 unspecified atom stereocenters. The van der Waals surface area contributed by atoms with Crippen LogP contribution in [-0.2, 0) is 16.2 Å². The van der Waals surface area contributed by atoms with E-state index in [1.54, 1.807) is 18.2 Å². The van der Waals surface area contributed by atoms with Crippen molar-refractivity contribution in [1.82, 2.24) is 9.13 Å². The minimum atomic E-state index is -0.128. The molecule has 3 N–H and O–H groups in total. The number of nitrogen functional groups attached to an aromatic ring is 1. The maximum absolute atomic E-state index is 6.41. The van der Waals surface area contributed by atoms with Crippen molar-refractivity contribution in [2.75, 3.05) is 16.0 Å². The molecule has 20 aromatic rings. The maximum atomic E-state index is 6.41. The second-order valence-electron chi connectivity index (χ2n) is 34.8. The normalized spacial score (nSPS) is 13.5. The van der Waals surface area contributed by atoms with E-state index in [9.17, 15) is 0 Å². The standard InChI is InChI=1S/C45H32N2O2.C27H21NO2.C18H12IN.C15H15N.C12H7ClO2/c1-45(2)37-16-8-6-14-33(37)34-23-20-31(27-38(34)45)46(32-22-25-43-44(28-32)49-42-19-11-10-18-41(42)48-43)30-21-24-40-36(26-30)35-15-7-9-17-39(35)47(40)29-12-4-3-5-13-29;1-27(2)21-8-4-3-7-19(21)20-13-11-17(15-22(20)27)28-18-12-14-25-26(16-18)30-24-10-6-5-9-23(24)29-25;19-13-10-11-18-16(12-13)15-8-4-5-9-17(15)20(18)14-6-2-1-3-7-14;1-15(2)13-6-4-3-5-11(13)12-8-7-10(16)9-14(12)15;13-8-5-6-11-12(7-8)15-10-4-2-1-3-9(10)14-11/h3-28H,1-2H3;3-16,28H,1-2H3;1-12H;3-9H,16H2,1-2H3;1-7H. The van der Waals surface area contributed by atoms with Gasteiger partial charge in [-0.05, 0) is 271 Å². The van der Waals surface area contributed by atoms with Gasteiger partial charge in [0.1, 0.15) is 0 Å². The molecule has 0 amide bonds. The van der Waals surface area contributed by atoms with Crippen molar-refractivity contribution >= 4 is 112 Å². The summed E-state index contributed by atoms with van der Waals surface area (Å²) >= 11 is 8.24. The topological polar surface area (TPSA) is 107 Å². The van der Waals surface area contributed by atoms with Crippen LogP contribution in [0.1, 0.15) is 74.9 Å². The Hall–Kier alpha value is -15.2. The molecule has 630 valence electrons. The van der Waals surface area contributed by atoms with Gasteiger partial charge < -0.3 is 53.5 Å². The largest absolute Gasteiger partial charge is 0.450 e. The molecule has 2 aromatic heterocycles. The molecule has 11 nitrogen and oxygen atoms in total. The number of para-hydroxylation sites is 10. The Morgan fingerprint density at radius 1 is 0.262 bits per heavy atom. The molecule has 0 spiro atoms. The Morgan fingerprint density at radius 3 is 1.12 bits per heavy atom. The van der Waals surface area contributed by atoms with Crippen molar-refractivity contribution in [1.29, 1.82) is 0 Å². The second kappa shape index (κ2) is 32.6. The molecule has 5 heterocycles. The number of nitrogens with two attached hydrogens (primary N) is 1. The number of fused-ring (bicyclic) bond motifs is 21. The summed E-state index contributed by atoms with van der Waals surface area (Å²) < 4.78 is 41.9. The lowest BCUT2D eigenvalue weighted by molar-refractivity contribution is 0.359. The third kappa shape index (κ3) is 14.4. The monoisotopic (exact) mass is 1820 g/mol. The minimum absolute atomic E-state index is 0.0138. The highest BCUT2D eigenvalue weighted by molar-refractivity contribution is 14.1. The minimum Gasteiger partial charge on any atom is -0.450 e. The van der Waals surface area contributed by atoms with Gasteiger partial charge in [-0.3, -0.25) is 0 Å². The highest BCUT2D eigenvalue weighted by atomic mass is 127. The summed E-state index contributed by atoms with van der Waals surface area (Å²) in [6, 6.07) is 138. The van der Waals surface area contributed by atoms with Gasteiger partial charge in [0.2, 0.25) is 0 Å². The number of anilines is 6. The first-order valence-electron chi connectivity index (χ1n) is 43.7. The predicted octanol–water partition coefficient (Wildman–Crippen LogP) is 33.3. The third-order valence-corrected chi connectivity index (χ3v) is 26.7. The van der Waals surface area contributed by atoms with Crippen LogP contribution in [0.5, 0.6) is 69.0 Å². The molecular formula is C117H87ClIN5O6. The van der Waals surface area contributed by atoms with E-state index in [0.29, 0.717) is 45.3 Å². The Morgan fingerprint density at radius 2 is 0.592 bits per heavy atom. The summed E-state index contributed by atoms with van der Waals surface area (Å²) in [7, 11) is 0. The highest BCUT2D eigenvalue weighted by Crippen LogP contribution is 2.56. The number of rotatable bonds is 7. The zero-order chi connectivity index (χ0) is 88.1. The molecule has 6 aliphatic rings. The Kier molecular flexibility index (Phi) is 20.2. The molecule has 0 bridgehead atoms.